The van der Waals surface area contributed by atoms with Crippen molar-refractivity contribution in [1.29, 1.82) is 0 Å². The van der Waals surface area contributed by atoms with Gasteiger partial charge in [0.15, 0.2) is 0 Å². The molecule has 0 aromatic carbocycles. The summed E-state index contributed by atoms with van der Waals surface area (Å²) in [7, 11) is 0.812. The molecule has 3 nitrogen and oxygen atoms in total. The molecule has 0 amide bonds. The molecule has 0 fully saturated rings. The molecule has 0 N–H and O–H groups in total. The van der Waals surface area contributed by atoms with Crippen molar-refractivity contribution in [3.63, 3.8) is 0 Å². The van der Waals surface area contributed by atoms with E-state index in [0.717, 1.165) is 7.11 Å². The predicted octanol–water partition coefficient (Wildman–Crippen LogP) is 1.41. The number of hydrogen-bond donors (Lipinski definition) is 0. The molecule has 0 aliphatic carbocycles. The summed E-state index contributed by atoms with van der Waals surface area (Å²) in [6.45, 7) is 3.94. The van der Waals surface area contributed by atoms with Crippen LogP contribution in [0.2, 0.25) is 0 Å². The third-order valence-electron chi connectivity index (χ3n) is 1.41. The SMILES string of the molecule is COC(=O)C(F)(F)C(=O)C(C)(C)C. The second-order valence-electron chi connectivity index (χ2n) is 3.65. The summed E-state index contributed by atoms with van der Waals surface area (Å²) >= 11 is 0. The minimum absolute atomic E-state index is 0.812. The molecule has 0 aromatic heterocycles. The van der Waals surface area contributed by atoms with Crippen molar-refractivity contribution in [2.45, 2.75) is 26.7 Å². The monoisotopic (exact) mass is 194 g/mol. The van der Waals surface area contributed by atoms with Gasteiger partial charge in [-0.05, 0) is 0 Å². The normalized spacial score (nSPS) is 12.5. The second-order valence-corrected chi connectivity index (χ2v) is 3.65. The van der Waals surface area contributed by atoms with Crippen molar-refractivity contribution < 1.29 is 23.1 Å². The minimum atomic E-state index is -4.05. The van der Waals surface area contributed by atoms with E-state index in [0.29, 0.717) is 0 Å². The third kappa shape index (κ3) is 2.47. The van der Waals surface area contributed by atoms with Gasteiger partial charge in [-0.3, -0.25) is 4.79 Å². The van der Waals surface area contributed by atoms with E-state index in [1.54, 1.807) is 0 Å². The van der Waals surface area contributed by atoms with E-state index < -0.39 is 23.1 Å². The van der Waals surface area contributed by atoms with Crippen LogP contribution in [0.1, 0.15) is 20.8 Å². The van der Waals surface area contributed by atoms with Crippen LogP contribution >= 0.6 is 0 Å². The Balaban J connectivity index is 4.85. The van der Waals surface area contributed by atoms with Crippen molar-refractivity contribution in [2.24, 2.45) is 5.41 Å². The largest absolute Gasteiger partial charge is 0.464 e. The van der Waals surface area contributed by atoms with E-state index in [1.807, 2.05) is 0 Å². The third-order valence-corrected chi connectivity index (χ3v) is 1.41. The number of hydrogen-bond acceptors (Lipinski definition) is 3. The maximum atomic E-state index is 12.9. The lowest BCUT2D eigenvalue weighted by Gasteiger charge is -2.21. The highest BCUT2D eigenvalue weighted by molar-refractivity contribution is 6.07. The lowest BCUT2D eigenvalue weighted by Crippen LogP contribution is -2.45. The van der Waals surface area contributed by atoms with Crippen LogP contribution in [0.3, 0.4) is 0 Å². The van der Waals surface area contributed by atoms with Crippen LogP contribution in [0, 0.1) is 5.41 Å². The summed E-state index contributed by atoms with van der Waals surface area (Å²) in [5, 5.41) is 0. The minimum Gasteiger partial charge on any atom is -0.464 e. The molecule has 0 atom stereocenters. The van der Waals surface area contributed by atoms with Gasteiger partial charge in [0, 0.05) is 5.41 Å². The van der Waals surface area contributed by atoms with Gasteiger partial charge in [-0.25, -0.2) is 4.79 Å². The van der Waals surface area contributed by atoms with E-state index in [4.69, 9.17) is 0 Å². The smallest absolute Gasteiger partial charge is 0.400 e. The highest BCUT2D eigenvalue weighted by atomic mass is 19.3. The van der Waals surface area contributed by atoms with Gasteiger partial charge in [0.05, 0.1) is 7.11 Å². The Labute approximate surface area is 75.1 Å². The van der Waals surface area contributed by atoms with Crippen LogP contribution in [0.4, 0.5) is 8.78 Å². The van der Waals surface area contributed by atoms with E-state index in [9.17, 15) is 18.4 Å². The average molecular weight is 194 g/mol. The zero-order valence-electron chi connectivity index (χ0n) is 7.98. The van der Waals surface area contributed by atoms with Gasteiger partial charge in [0.2, 0.25) is 5.78 Å². The second kappa shape index (κ2) is 3.40. The Morgan fingerprint density at radius 1 is 1.15 bits per heavy atom. The highest BCUT2D eigenvalue weighted by Gasteiger charge is 2.52. The maximum Gasteiger partial charge on any atom is 0.400 e. The fourth-order valence-electron chi connectivity index (χ4n) is 0.692. The number of esters is 1. The first-order chi connectivity index (χ1) is 5.64. The molecular formula is C8H12F2O3. The number of ether oxygens (including phenoxy) is 1. The van der Waals surface area contributed by atoms with Gasteiger partial charge < -0.3 is 4.74 Å². The molecule has 0 aliphatic heterocycles. The van der Waals surface area contributed by atoms with Crippen LogP contribution in [0.5, 0.6) is 0 Å². The van der Waals surface area contributed by atoms with Crippen molar-refractivity contribution in [2.75, 3.05) is 7.11 Å². The van der Waals surface area contributed by atoms with Gasteiger partial charge in [0.25, 0.3) is 0 Å². The number of halogens is 2. The van der Waals surface area contributed by atoms with Gasteiger partial charge in [-0.1, -0.05) is 20.8 Å². The molecule has 0 aromatic rings. The van der Waals surface area contributed by atoms with Gasteiger partial charge in [-0.2, -0.15) is 8.78 Å². The highest BCUT2D eigenvalue weighted by Crippen LogP contribution is 2.28. The quantitative estimate of drug-likeness (QED) is 0.493. The van der Waals surface area contributed by atoms with Crippen LogP contribution in [-0.4, -0.2) is 24.8 Å². The molecule has 13 heavy (non-hydrogen) atoms. The van der Waals surface area contributed by atoms with E-state index >= 15 is 0 Å². The number of carbonyl (C=O) groups excluding carboxylic acids is 2. The molecule has 0 heterocycles. The van der Waals surface area contributed by atoms with Crippen molar-refractivity contribution in [3.8, 4) is 0 Å². The summed E-state index contributed by atoms with van der Waals surface area (Å²) in [4.78, 5) is 21.6. The number of ketones is 1. The van der Waals surface area contributed by atoms with Crippen LogP contribution < -0.4 is 0 Å². The predicted molar refractivity (Wildman–Crippen MR) is 41.4 cm³/mol. The topological polar surface area (TPSA) is 43.4 Å². The lowest BCUT2D eigenvalue weighted by atomic mass is 9.87. The Kier molecular flexibility index (Phi) is 3.13. The standard InChI is InChI=1S/C8H12F2O3/c1-7(2,3)5(11)8(9,10)6(12)13-4/h1-4H3. The summed E-state index contributed by atoms with van der Waals surface area (Å²) in [5.41, 5.74) is -1.27. The molecule has 0 spiro atoms. The Morgan fingerprint density at radius 3 is 1.77 bits per heavy atom. The fraction of sp³-hybridized carbons (Fsp3) is 0.750. The fourth-order valence-corrected chi connectivity index (χ4v) is 0.692. The average Bonchev–Trinajstić information content (AvgIpc) is 1.99. The van der Waals surface area contributed by atoms with Crippen molar-refractivity contribution in [1.82, 2.24) is 0 Å². The van der Waals surface area contributed by atoms with Crippen LogP contribution in [0.15, 0.2) is 0 Å². The van der Waals surface area contributed by atoms with Crippen molar-refractivity contribution in [3.05, 3.63) is 0 Å². The first kappa shape index (κ1) is 12.0. The molecule has 5 heteroatoms. The van der Waals surface area contributed by atoms with E-state index in [-0.39, 0.29) is 0 Å². The molecular weight excluding hydrogens is 182 g/mol. The first-order valence-corrected chi connectivity index (χ1v) is 3.65. The number of alkyl halides is 2. The molecule has 76 valence electrons. The summed E-state index contributed by atoms with van der Waals surface area (Å²) in [6.07, 6.45) is 0. The number of Topliss-reactive ketones (excluding diaryl/α,β-unsaturated/α-hetero) is 1. The first-order valence-electron chi connectivity index (χ1n) is 3.65. The molecule has 0 saturated carbocycles. The number of rotatable bonds is 2. The number of carbonyl (C=O) groups is 2. The maximum absolute atomic E-state index is 12.9. The summed E-state index contributed by atoms with van der Waals surface area (Å²) < 4.78 is 29.6. The van der Waals surface area contributed by atoms with Crippen molar-refractivity contribution >= 4 is 11.8 Å². The molecule has 0 rings (SSSR count). The Morgan fingerprint density at radius 2 is 1.54 bits per heavy atom. The lowest BCUT2D eigenvalue weighted by molar-refractivity contribution is -0.178. The van der Waals surface area contributed by atoms with Crippen LogP contribution in [-0.2, 0) is 14.3 Å². The summed E-state index contributed by atoms with van der Waals surface area (Å²) in [6, 6.07) is 0. The zero-order chi connectivity index (χ0) is 10.9. The molecule has 0 aliphatic rings. The van der Waals surface area contributed by atoms with E-state index in [2.05, 4.69) is 4.74 Å². The number of methoxy groups -OCH3 is 1. The van der Waals surface area contributed by atoms with Gasteiger partial charge >= 0.3 is 11.9 Å². The van der Waals surface area contributed by atoms with Gasteiger partial charge in [-0.15, -0.1) is 0 Å². The molecule has 0 unspecified atom stereocenters. The Bertz CT molecular complexity index is 228. The molecule has 0 radical (unpaired) electrons. The summed E-state index contributed by atoms with van der Waals surface area (Å²) in [5.74, 6) is -7.30. The van der Waals surface area contributed by atoms with Gasteiger partial charge in [0.1, 0.15) is 0 Å². The van der Waals surface area contributed by atoms with E-state index in [1.165, 1.54) is 20.8 Å². The zero-order valence-corrected chi connectivity index (χ0v) is 7.98. The Hall–Kier alpha value is -1.00. The molecule has 0 saturated heterocycles. The molecule has 0 bridgehead atoms. The van der Waals surface area contributed by atoms with Crippen LogP contribution in [0.25, 0.3) is 0 Å².